The van der Waals surface area contributed by atoms with Crippen molar-refractivity contribution in [3.05, 3.63) is 71.3 Å². The molecule has 4 aromatic rings. The van der Waals surface area contributed by atoms with Crippen molar-refractivity contribution in [3.63, 3.8) is 0 Å². The number of imidazole rings is 2. The highest BCUT2D eigenvalue weighted by Crippen LogP contribution is 2.30. The summed E-state index contributed by atoms with van der Waals surface area (Å²) in [5.41, 5.74) is 6.39. The fourth-order valence-electron chi connectivity index (χ4n) is 7.77. The fourth-order valence-corrected chi connectivity index (χ4v) is 8.04. The summed E-state index contributed by atoms with van der Waals surface area (Å²) >= 11 is 2.17. The van der Waals surface area contributed by atoms with Gasteiger partial charge in [0.1, 0.15) is 18.2 Å². The van der Waals surface area contributed by atoms with Crippen LogP contribution in [-0.4, -0.2) is 86.7 Å². The number of aromatic amines is 2. The van der Waals surface area contributed by atoms with E-state index >= 15 is 0 Å². The molecule has 0 aliphatic heterocycles. The van der Waals surface area contributed by atoms with E-state index in [2.05, 4.69) is 114 Å². The minimum Gasteiger partial charge on any atom is -0.453 e. The second-order valence-electron chi connectivity index (χ2n) is 15.0. The maximum absolute atomic E-state index is 13.3. The first-order chi connectivity index (χ1) is 27.2. The minimum atomic E-state index is -0.606. The Kier molecular flexibility index (Phi) is 16.8. The Bertz CT molecular complexity index is 1910. The molecule has 0 saturated heterocycles. The van der Waals surface area contributed by atoms with Gasteiger partial charge in [0.05, 0.1) is 49.4 Å². The Morgan fingerprint density at radius 2 is 1.38 bits per heavy atom. The van der Waals surface area contributed by atoms with Crippen molar-refractivity contribution in [2.75, 3.05) is 31.7 Å². The molecule has 2 heterocycles. The van der Waals surface area contributed by atoms with Crippen LogP contribution in [0.3, 0.4) is 0 Å². The lowest BCUT2D eigenvalue weighted by molar-refractivity contribution is -0.135. The summed E-state index contributed by atoms with van der Waals surface area (Å²) in [4.78, 5) is 53.7. The van der Waals surface area contributed by atoms with Crippen molar-refractivity contribution in [2.24, 2.45) is 11.8 Å². The first-order valence-corrected chi connectivity index (χ1v) is 21.5. The number of carbonyl (C=O) groups excluding carboxylic acids is 3. The molecule has 0 radical (unpaired) electrons. The first kappa shape index (κ1) is 43.0. The van der Waals surface area contributed by atoms with E-state index in [4.69, 9.17) is 9.97 Å². The number of methoxy groups -OCH3 is 2. The van der Waals surface area contributed by atoms with Crippen LogP contribution in [0.2, 0.25) is 0 Å². The monoisotopic (exact) mass is 882 g/mol. The number of alkyl carbamates (subject to hydrolysis) is 2. The molecule has 0 spiro atoms. The summed E-state index contributed by atoms with van der Waals surface area (Å²) in [5, 5.41) is 8.79. The number of alkyl halides is 1. The molecule has 13 nitrogen and oxygen atoms in total. The minimum absolute atomic E-state index is 0.0966. The van der Waals surface area contributed by atoms with Crippen molar-refractivity contribution in [2.45, 2.75) is 103 Å². The number of halogens is 1. The molecule has 304 valence electrons. The van der Waals surface area contributed by atoms with Crippen molar-refractivity contribution in [1.82, 2.24) is 40.8 Å². The second kappa shape index (κ2) is 21.9. The van der Waals surface area contributed by atoms with Crippen LogP contribution in [-0.2, 0) is 40.2 Å². The van der Waals surface area contributed by atoms with Crippen LogP contribution < -0.4 is 16.0 Å². The Morgan fingerprint density at radius 1 is 0.804 bits per heavy atom. The highest BCUT2D eigenvalue weighted by Gasteiger charge is 2.31. The number of benzene rings is 2. The van der Waals surface area contributed by atoms with Gasteiger partial charge in [0, 0.05) is 23.1 Å². The van der Waals surface area contributed by atoms with Crippen LogP contribution in [0.15, 0.2) is 48.6 Å². The summed E-state index contributed by atoms with van der Waals surface area (Å²) < 4.78 is 9.88. The molecule has 4 atom stereocenters. The molecule has 2 aromatic carbocycles. The number of ether oxygens (including phenoxy) is 2. The Morgan fingerprint density at radius 3 is 1.98 bits per heavy atom. The molecule has 5 N–H and O–H groups in total. The zero-order valence-electron chi connectivity index (χ0n) is 33.3. The molecule has 56 heavy (non-hydrogen) atoms. The predicted molar refractivity (Wildman–Crippen MR) is 229 cm³/mol. The Labute approximate surface area is 344 Å². The van der Waals surface area contributed by atoms with Gasteiger partial charge in [0.15, 0.2) is 0 Å². The number of carbonyl (C=O) groups is 3. The molecule has 4 unspecified atom stereocenters. The number of nitrogens with one attached hydrogen (secondary N) is 5. The summed E-state index contributed by atoms with van der Waals surface area (Å²) in [6.45, 7) is 6.30. The van der Waals surface area contributed by atoms with Gasteiger partial charge < -0.3 is 40.3 Å². The number of nitrogens with zero attached hydrogens (tertiary/aromatic N) is 3. The van der Waals surface area contributed by atoms with E-state index in [0.29, 0.717) is 25.0 Å². The van der Waals surface area contributed by atoms with Crippen LogP contribution in [0.25, 0.3) is 22.1 Å². The molecule has 2 saturated carbocycles. The van der Waals surface area contributed by atoms with Gasteiger partial charge in [0.25, 0.3) is 0 Å². The van der Waals surface area contributed by atoms with Crippen LogP contribution in [0.1, 0.15) is 88.0 Å². The van der Waals surface area contributed by atoms with Gasteiger partial charge in [-0.1, -0.05) is 86.4 Å². The number of rotatable bonds is 14. The number of fused-ring (bicyclic) bond motifs is 2. The summed E-state index contributed by atoms with van der Waals surface area (Å²) in [7, 11) is 2.65. The number of hydrogen-bond acceptors (Lipinski definition) is 8. The van der Waals surface area contributed by atoms with Gasteiger partial charge in [-0.15, -0.1) is 0 Å². The maximum atomic E-state index is 13.3. The molecule has 3 amide bonds. The largest absolute Gasteiger partial charge is 0.453 e. The van der Waals surface area contributed by atoms with Gasteiger partial charge in [-0.25, -0.2) is 19.6 Å². The second-order valence-corrected chi connectivity index (χ2v) is 16.1. The van der Waals surface area contributed by atoms with Gasteiger partial charge in [-0.3, -0.25) is 4.79 Å². The van der Waals surface area contributed by atoms with Crippen molar-refractivity contribution >= 4 is 62.8 Å². The van der Waals surface area contributed by atoms with E-state index in [-0.39, 0.29) is 24.6 Å². The third-order valence-electron chi connectivity index (χ3n) is 10.9. The predicted octanol–water partition coefficient (Wildman–Crippen LogP) is 7.49. The molecular weight excluding hydrogens is 823 g/mol. The van der Waals surface area contributed by atoms with E-state index in [0.717, 1.165) is 82.7 Å². The van der Waals surface area contributed by atoms with E-state index in [1.807, 2.05) is 11.0 Å². The molecule has 0 bridgehead atoms. The van der Waals surface area contributed by atoms with Crippen LogP contribution in [0.5, 0.6) is 0 Å². The lowest BCUT2D eigenvalue weighted by Crippen LogP contribution is -2.48. The number of allylic oxidation sites excluding steroid dienone is 2. The van der Waals surface area contributed by atoms with Crippen LogP contribution >= 0.6 is 22.6 Å². The molecule has 6 rings (SSSR count). The number of aromatic nitrogens is 4. The number of H-pyrrole nitrogens is 2. The van der Waals surface area contributed by atoms with Crippen molar-refractivity contribution < 1.29 is 23.9 Å². The SMILES string of the molecule is COC(=O)NCC(=O)N(Cc1nc2ccc(C/C=C/Cc3ccc4nc(CNC5CCCCC5C)[nH]c4c3)cc2[nH]1)C1CCCCC1C.COC(=O)NCCI. The summed E-state index contributed by atoms with van der Waals surface area (Å²) in [5.74, 6) is 2.75. The summed E-state index contributed by atoms with van der Waals surface area (Å²) in [6.07, 6.45) is 14.7. The molecule has 14 heteroatoms. The van der Waals surface area contributed by atoms with E-state index in [1.54, 1.807) is 0 Å². The van der Waals surface area contributed by atoms with Crippen molar-refractivity contribution in [3.8, 4) is 0 Å². The topological polar surface area (TPSA) is 166 Å². The Balaban J connectivity index is 0.000000677. The normalized spacial score (nSPS) is 19.7. The van der Waals surface area contributed by atoms with Gasteiger partial charge in [-0.2, -0.15) is 0 Å². The molecular formula is C42H59IN8O5. The number of amides is 3. The van der Waals surface area contributed by atoms with Gasteiger partial charge in [-0.05, 0) is 85.8 Å². The Hall–Kier alpha value is -4.18. The van der Waals surface area contributed by atoms with E-state index in [1.165, 1.54) is 57.5 Å². The first-order valence-electron chi connectivity index (χ1n) is 20.0. The van der Waals surface area contributed by atoms with E-state index < -0.39 is 6.09 Å². The zero-order valence-corrected chi connectivity index (χ0v) is 35.5. The lowest BCUT2D eigenvalue weighted by atomic mass is 9.84. The summed E-state index contributed by atoms with van der Waals surface area (Å²) in [6, 6.07) is 13.5. The molecule has 2 aliphatic carbocycles. The van der Waals surface area contributed by atoms with Crippen LogP contribution in [0, 0.1) is 11.8 Å². The van der Waals surface area contributed by atoms with Gasteiger partial charge in [0.2, 0.25) is 5.91 Å². The highest BCUT2D eigenvalue weighted by atomic mass is 127. The molecule has 2 aromatic heterocycles. The van der Waals surface area contributed by atoms with Crippen LogP contribution in [0.4, 0.5) is 9.59 Å². The highest BCUT2D eigenvalue weighted by molar-refractivity contribution is 14.1. The van der Waals surface area contributed by atoms with Crippen molar-refractivity contribution in [1.29, 1.82) is 0 Å². The average molecular weight is 883 g/mol. The fraction of sp³-hybridized carbons (Fsp3) is 0.548. The molecule has 2 fully saturated rings. The number of hydrogen-bond donors (Lipinski definition) is 5. The third kappa shape index (κ3) is 12.7. The van der Waals surface area contributed by atoms with E-state index in [9.17, 15) is 14.4 Å². The lowest BCUT2D eigenvalue weighted by Gasteiger charge is -2.38. The van der Waals surface area contributed by atoms with Gasteiger partial charge >= 0.3 is 12.2 Å². The average Bonchev–Trinajstić information content (AvgIpc) is 3.82. The smallest absolute Gasteiger partial charge is 0.407 e. The quantitative estimate of drug-likeness (QED) is 0.0494. The third-order valence-corrected chi connectivity index (χ3v) is 11.5. The maximum Gasteiger partial charge on any atom is 0.407 e. The zero-order chi connectivity index (χ0) is 39.9. The molecule has 2 aliphatic rings. The standard InChI is InChI=1S/C38H51N7O3.C4H8INO2/c1-25-10-4-8-14-29(25)39-22-35-41-30-18-16-27(20-32(30)43-35)12-6-7-13-28-17-19-31-33(21-28)44-36(42-31)24-45(34-15-9-5-11-26(34)2)37(46)23-40-38(47)48-3;1-8-4(7)6-3-2-5/h6-7,16-21,25-26,29,34,39H,4-5,8-15,22-24H2,1-3H3,(H,40,47)(H,41,43)(H,42,44);2-3H2,1H3,(H,6,7)/b7-6+;.